The van der Waals surface area contributed by atoms with Crippen molar-refractivity contribution in [3.05, 3.63) is 0 Å². The Morgan fingerprint density at radius 3 is 2.38 bits per heavy atom. The molecule has 0 bridgehead atoms. The molecule has 1 fully saturated rings. The van der Waals surface area contributed by atoms with Gasteiger partial charge in [0.05, 0.1) is 0 Å². The lowest BCUT2D eigenvalue weighted by Gasteiger charge is -2.10. The normalized spacial score (nSPS) is 29.5. The summed E-state index contributed by atoms with van der Waals surface area (Å²) in [5.41, 5.74) is 0. The maximum Gasteiger partial charge on any atom is 0.389 e. The summed E-state index contributed by atoms with van der Waals surface area (Å²) in [6.45, 7) is 2.18. The molecule has 0 spiro atoms. The Kier molecular flexibility index (Phi) is 3.63. The van der Waals surface area contributed by atoms with Gasteiger partial charge < -0.3 is 0 Å². The zero-order valence-corrected chi connectivity index (χ0v) is 8.03. The second-order valence-corrected chi connectivity index (χ2v) is 4.29. The van der Waals surface area contributed by atoms with Gasteiger partial charge in [0.1, 0.15) is 0 Å². The molecule has 0 radical (unpaired) electrons. The van der Waals surface area contributed by atoms with E-state index in [0.29, 0.717) is 12.3 Å². The van der Waals surface area contributed by atoms with Gasteiger partial charge in [-0.3, -0.25) is 0 Å². The van der Waals surface area contributed by atoms with E-state index in [1.54, 1.807) is 0 Å². The first-order chi connectivity index (χ1) is 5.97. The lowest BCUT2D eigenvalue weighted by Crippen LogP contribution is -2.07. The van der Waals surface area contributed by atoms with Crippen LogP contribution in [-0.4, -0.2) is 6.18 Å². The minimum Gasteiger partial charge on any atom is -0.171 e. The summed E-state index contributed by atoms with van der Waals surface area (Å²) < 4.78 is 35.4. The molecule has 0 nitrogen and oxygen atoms in total. The fourth-order valence-corrected chi connectivity index (χ4v) is 2.18. The SMILES string of the molecule is CC1CCC(CCCC(F)(F)F)C1. The van der Waals surface area contributed by atoms with Crippen molar-refractivity contribution in [3.8, 4) is 0 Å². The van der Waals surface area contributed by atoms with Gasteiger partial charge in [-0.25, -0.2) is 0 Å². The van der Waals surface area contributed by atoms with E-state index >= 15 is 0 Å². The Bertz CT molecular complexity index is 151. The molecule has 2 unspecified atom stereocenters. The van der Waals surface area contributed by atoms with Gasteiger partial charge in [0.25, 0.3) is 0 Å². The number of alkyl halides is 3. The molecule has 0 aromatic rings. The summed E-state index contributed by atoms with van der Waals surface area (Å²) in [7, 11) is 0. The van der Waals surface area contributed by atoms with Crippen molar-refractivity contribution in [2.75, 3.05) is 0 Å². The molecule has 2 atom stereocenters. The van der Waals surface area contributed by atoms with Crippen molar-refractivity contribution in [1.82, 2.24) is 0 Å². The van der Waals surface area contributed by atoms with Crippen LogP contribution in [0.2, 0.25) is 0 Å². The Hall–Kier alpha value is -0.210. The highest BCUT2D eigenvalue weighted by molar-refractivity contribution is 4.72. The van der Waals surface area contributed by atoms with Crippen molar-refractivity contribution in [1.29, 1.82) is 0 Å². The number of rotatable bonds is 3. The standard InChI is InChI=1S/C10H17F3/c1-8-4-5-9(7-8)3-2-6-10(11,12)13/h8-9H,2-7H2,1H3. The van der Waals surface area contributed by atoms with Crippen LogP contribution in [0.5, 0.6) is 0 Å². The molecule has 0 aromatic carbocycles. The first-order valence-electron chi connectivity index (χ1n) is 5.04. The van der Waals surface area contributed by atoms with Crippen LogP contribution in [0.3, 0.4) is 0 Å². The quantitative estimate of drug-likeness (QED) is 0.633. The second kappa shape index (κ2) is 4.34. The van der Waals surface area contributed by atoms with Gasteiger partial charge in [-0.05, 0) is 24.7 Å². The molecular formula is C10H17F3. The summed E-state index contributed by atoms with van der Waals surface area (Å²) in [6, 6.07) is 0. The van der Waals surface area contributed by atoms with E-state index < -0.39 is 12.6 Å². The summed E-state index contributed by atoms with van der Waals surface area (Å²) in [5, 5.41) is 0. The Balaban J connectivity index is 2.07. The summed E-state index contributed by atoms with van der Waals surface area (Å²) in [6.07, 6.45) is 0.0143. The predicted octanol–water partition coefficient (Wildman–Crippen LogP) is 4.16. The lowest BCUT2D eigenvalue weighted by atomic mass is 9.99. The van der Waals surface area contributed by atoms with Gasteiger partial charge in [-0.15, -0.1) is 0 Å². The Morgan fingerprint density at radius 2 is 1.92 bits per heavy atom. The molecule has 0 amide bonds. The molecule has 1 saturated carbocycles. The number of halogens is 3. The monoisotopic (exact) mass is 194 g/mol. The number of hydrogen-bond donors (Lipinski definition) is 0. The van der Waals surface area contributed by atoms with Crippen molar-refractivity contribution in [2.45, 2.75) is 51.6 Å². The third kappa shape index (κ3) is 4.53. The highest BCUT2D eigenvalue weighted by Crippen LogP contribution is 2.34. The molecular weight excluding hydrogens is 177 g/mol. The molecule has 0 aliphatic heterocycles. The van der Waals surface area contributed by atoms with Crippen LogP contribution in [0.4, 0.5) is 13.2 Å². The van der Waals surface area contributed by atoms with E-state index in [4.69, 9.17) is 0 Å². The van der Waals surface area contributed by atoms with Gasteiger partial charge >= 0.3 is 6.18 Å². The average Bonchev–Trinajstić information content (AvgIpc) is 2.33. The largest absolute Gasteiger partial charge is 0.389 e. The van der Waals surface area contributed by atoms with Gasteiger partial charge in [-0.2, -0.15) is 13.2 Å². The van der Waals surface area contributed by atoms with Crippen molar-refractivity contribution in [3.63, 3.8) is 0 Å². The predicted molar refractivity (Wildman–Crippen MR) is 46.4 cm³/mol. The molecule has 0 saturated heterocycles. The molecule has 0 N–H and O–H groups in total. The Morgan fingerprint density at radius 1 is 1.23 bits per heavy atom. The van der Waals surface area contributed by atoms with E-state index in [1.807, 2.05) is 0 Å². The highest BCUT2D eigenvalue weighted by Gasteiger charge is 2.28. The van der Waals surface area contributed by atoms with Gasteiger partial charge in [0.15, 0.2) is 0 Å². The zero-order chi connectivity index (χ0) is 9.90. The van der Waals surface area contributed by atoms with Crippen LogP contribution in [0.15, 0.2) is 0 Å². The topological polar surface area (TPSA) is 0 Å². The summed E-state index contributed by atoms with van der Waals surface area (Å²) in [4.78, 5) is 0. The summed E-state index contributed by atoms with van der Waals surface area (Å²) in [5.74, 6) is 1.30. The minimum absolute atomic E-state index is 0.320. The van der Waals surface area contributed by atoms with E-state index in [9.17, 15) is 13.2 Å². The molecule has 3 heteroatoms. The molecule has 13 heavy (non-hydrogen) atoms. The van der Waals surface area contributed by atoms with E-state index in [1.165, 1.54) is 6.42 Å². The molecule has 1 rings (SSSR count). The molecule has 78 valence electrons. The molecule has 1 aliphatic rings. The van der Waals surface area contributed by atoms with Crippen molar-refractivity contribution >= 4 is 0 Å². The van der Waals surface area contributed by atoms with Gasteiger partial charge in [-0.1, -0.05) is 26.2 Å². The highest BCUT2D eigenvalue weighted by atomic mass is 19.4. The lowest BCUT2D eigenvalue weighted by molar-refractivity contribution is -0.136. The second-order valence-electron chi connectivity index (χ2n) is 4.29. The van der Waals surface area contributed by atoms with Crippen LogP contribution < -0.4 is 0 Å². The van der Waals surface area contributed by atoms with E-state index in [0.717, 1.165) is 25.2 Å². The minimum atomic E-state index is -3.95. The van der Waals surface area contributed by atoms with Gasteiger partial charge in [0, 0.05) is 6.42 Å². The van der Waals surface area contributed by atoms with E-state index in [-0.39, 0.29) is 0 Å². The van der Waals surface area contributed by atoms with Crippen LogP contribution in [0.25, 0.3) is 0 Å². The molecule has 0 heterocycles. The van der Waals surface area contributed by atoms with Crippen molar-refractivity contribution in [2.24, 2.45) is 11.8 Å². The Labute approximate surface area is 77.5 Å². The maximum absolute atomic E-state index is 11.8. The van der Waals surface area contributed by atoms with Crippen LogP contribution in [-0.2, 0) is 0 Å². The summed E-state index contributed by atoms with van der Waals surface area (Å²) >= 11 is 0. The fraction of sp³-hybridized carbons (Fsp3) is 1.00. The van der Waals surface area contributed by atoms with Crippen LogP contribution in [0.1, 0.15) is 45.4 Å². The van der Waals surface area contributed by atoms with E-state index in [2.05, 4.69) is 6.92 Å². The maximum atomic E-state index is 11.8. The fourth-order valence-electron chi connectivity index (χ4n) is 2.18. The van der Waals surface area contributed by atoms with Crippen LogP contribution >= 0.6 is 0 Å². The zero-order valence-electron chi connectivity index (χ0n) is 8.03. The van der Waals surface area contributed by atoms with Gasteiger partial charge in [0.2, 0.25) is 0 Å². The van der Waals surface area contributed by atoms with Crippen molar-refractivity contribution < 1.29 is 13.2 Å². The average molecular weight is 194 g/mol. The molecule has 1 aliphatic carbocycles. The van der Waals surface area contributed by atoms with Crippen LogP contribution in [0, 0.1) is 11.8 Å². The first-order valence-corrected chi connectivity index (χ1v) is 5.04. The first kappa shape index (κ1) is 10.9. The third-order valence-corrected chi connectivity index (χ3v) is 2.88. The molecule has 0 aromatic heterocycles. The smallest absolute Gasteiger partial charge is 0.171 e. The number of hydrogen-bond acceptors (Lipinski definition) is 0. The third-order valence-electron chi connectivity index (χ3n) is 2.88.